The van der Waals surface area contributed by atoms with E-state index in [1.165, 1.54) is 18.7 Å². The van der Waals surface area contributed by atoms with Crippen molar-refractivity contribution in [3.8, 4) is 0 Å². The summed E-state index contributed by atoms with van der Waals surface area (Å²) in [4.78, 5) is 32.4. The number of carbonyl (C=O) groups is 2. The number of carbonyl (C=O) groups excluding carboxylic acids is 2. The van der Waals surface area contributed by atoms with E-state index < -0.39 is 0 Å². The van der Waals surface area contributed by atoms with E-state index >= 15 is 0 Å². The molecular weight excluding hydrogens is 431 g/mol. The Morgan fingerprint density at radius 3 is 2.48 bits per heavy atom. The molecule has 0 saturated carbocycles. The number of benzene rings is 1. The predicted molar refractivity (Wildman–Crippen MR) is 117 cm³/mol. The lowest BCUT2D eigenvalue weighted by molar-refractivity contribution is -0.114. The minimum absolute atomic E-state index is 0.188. The molecule has 2 N–H and O–H groups in total. The van der Waals surface area contributed by atoms with Gasteiger partial charge in [-0.2, -0.15) is 0 Å². The number of amides is 2. The Morgan fingerprint density at radius 1 is 1.00 bits per heavy atom. The average molecular weight is 447 g/mol. The van der Waals surface area contributed by atoms with Gasteiger partial charge in [0.05, 0.1) is 5.56 Å². The summed E-state index contributed by atoms with van der Waals surface area (Å²) in [7, 11) is 0. The highest BCUT2D eigenvalue weighted by Gasteiger charge is 2.14. The molecule has 0 aliphatic heterocycles. The van der Waals surface area contributed by atoms with Crippen molar-refractivity contribution in [3.63, 3.8) is 0 Å². The first-order valence-electron chi connectivity index (χ1n) is 8.48. The zero-order valence-electron chi connectivity index (χ0n) is 15.3. The molecule has 0 unspecified atom stereocenters. The van der Waals surface area contributed by atoms with E-state index in [-0.39, 0.29) is 11.8 Å². The van der Waals surface area contributed by atoms with E-state index in [0.29, 0.717) is 37.9 Å². The lowest BCUT2D eigenvalue weighted by Gasteiger charge is -2.10. The van der Waals surface area contributed by atoms with Gasteiger partial charge in [-0.15, -0.1) is 11.8 Å². The number of nitrogens with one attached hydrogen (secondary N) is 2. The van der Waals surface area contributed by atoms with Gasteiger partial charge in [0, 0.05) is 40.8 Å². The van der Waals surface area contributed by atoms with Crippen molar-refractivity contribution in [2.24, 2.45) is 0 Å². The van der Waals surface area contributed by atoms with E-state index in [0.717, 1.165) is 5.56 Å². The van der Waals surface area contributed by atoms with Crippen LogP contribution >= 0.6 is 35.0 Å². The summed E-state index contributed by atoms with van der Waals surface area (Å²) in [6.07, 6.45) is 3.25. The van der Waals surface area contributed by atoms with Gasteiger partial charge in [0.15, 0.2) is 0 Å². The predicted octanol–water partition coefficient (Wildman–Crippen LogP) is 5.29. The van der Waals surface area contributed by atoms with Crippen LogP contribution in [0.3, 0.4) is 0 Å². The number of hydrogen-bond donors (Lipinski definition) is 2. The summed E-state index contributed by atoms with van der Waals surface area (Å²) in [5.74, 6) is 0.530. The van der Waals surface area contributed by atoms with Crippen molar-refractivity contribution < 1.29 is 9.59 Å². The molecule has 0 fully saturated rings. The molecule has 3 rings (SSSR count). The number of rotatable bonds is 6. The molecule has 148 valence electrons. The van der Waals surface area contributed by atoms with Gasteiger partial charge in [-0.3, -0.25) is 9.59 Å². The maximum atomic E-state index is 12.7. The first kappa shape index (κ1) is 21.1. The number of aromatic nitrogens is 2. The third-order valence-corrected chi connectivity index (χ3v) is 5.15. The molecule has 9 heteroatoms. The number of anilines is 2. The van der Waals surface area contributed by atoms with Gasteiger partial charge < -0.3 is 10.6 Å². The van der Waals surface area contributed by atoms with Gasteiger partial charge in [0.25, 0.3) is 5.91 Å². The minimum atomic E-state index is -0.312. The highest BCUT2D eigenvalue weighted by molar-refractivity contribution is 7.98. The van der Waals surface area contributed by atoms with Crippen LogP contribution in [0.15, 0.2) is 59.9 Å². The maximum Gasteiger partial charge on any atom is 0.258 e. The largest absolute Gasteiger partial charge is 0.322 e. The van der Waals surface area contributed by atoms with Gasteiger partial charge in [0.1, 0.15) is 10.8 Å². The Bertz CT molecular complexity index is 1040. The number of halogens is 2. The van der Waals surface area contributed by atoms with E-state index in [9.17, 15) is 9.59 Å². The normalized spacial score (nSPS) is 10.4. The van der Waals surface area contributed by atoms with E-state index in [4.69, 9.17) is 23.2 Å². The molecule has 1 aromatic carbocycles. The van der Waals surface area contributed by atoms with Gasteiger partial charge in [-0.1, -0.05) is 23.2 Å². The Balaban J connectivity index is 1.73. The molecule has 0 saturated heterocycles. The first-order chi connectivity index (χ1) is 13.9. The third kappa shape index (κ3) is 6.19. The van der Waals surface area contributed by atoms with Crippen LogP contribution in [0.4, 0.5) is 11.5 Å². The van der Waals surface area contributed by atoms with Crippen LogP contribution in [0.25, 0.3) is 0 Å². The molecule has 0 bridgehead atoms. The van der Waals surface area contributed by atoms with Crippen LogP contribution < -0.4 is 10.6 Å². The Hall–Kier alpha value is -2.61. The Kier molecular flexibility index (Phi) is 7.09. The van der Waals surface area contributed by atoms with Crippen molar-refractivity contribution in [2.75, 3.05) is 10.6 Å². The molecule has 0 radical (unpaired) electrons. The monoisotopic (exact) mass is 446 g/mol. The topological polar surface area (TPSA) is 84.0 Å². The SMILES string of the molecule is CC(=O)Nc1cc(CSc2ncccc2C(=O)Nc2cc(Cl)cc(Cl)c2)ccn1. The van der Waals surface area contributed by atoms with Crippen molar-refractivity contribution >= 4 is 58.3 Å². The lowest BCUT2D eigenvalue weighted by Crippen LogP contribution is -2.13. The van der Waals surface area contributed by atoms with Crippen LogP contribution in [-0.4, -0.2) is 21.8 Å². The standard InChI is InChI=1S/C20H16Cl2N4O2S/c1-12(27)25-18-7-13(4-6-23-18)11-29-20-17(3-2-5-24-20)19(28)26-16-9-14(21)8-15(22)10-16/h2-10H,11H2,1H3,(H,26,28)(H,23,25,27). The Labute approximate surface area is 182 Å². The fourth-order valence-corrected chi connectivity index (χ4v) is 3.93. The molecule has 3 aromatic rings. The molecule has 0 aliphatic carbocycles. The highest BCUT2D eigenvalue weighted by atomic mass is 35.5. The van der Waals surface area contributed by atoms with E-state index in [1.54, 1.807) is 48.8 Å². The molecule has 0 aliphatic rings. The molecule has 29 heavy (non-hydrogen) atoms. The van der Waals surface area contributed by atoms with Crippen molar-refractivity contribution in [2.45, 2.75) is 17.7 Å². The molecular formula is C20H16Cl2N4O2S. The molecule has 0 atom stereocenters. The van der Waals surface area contributed by atoms with E-state index in [1.807, 2.05) is 6.07 Å². The van der Waals surface area contributed by atoms with Crippen molar-refractivity contribution in [3.05, 3.63) is 76.0 Å². The van der Waals surface area contributed by atoms with Crippen LogP contribution in [-0.2, 0) is 10.5 Å². The van der Waals surface area contributed by atoms with Gasteiger partial charge in [-0.25, -0.2) is 9.97 Å². The van der Waals surface area contributed by atoms with Gasteiger partial charge in [-0.05, 0) is 48.0 Å². The quantitative estimate of drug-likeness (QED) is 0.502. The van der Waals surface area contributed by atoms with Crippen LogP contribution in [0, 0.1) is 0 Å². The fraction of sp³-hybridized carbons (Fsp3) is 0.100. The molecule has 0 spiro atoms. The molecule has 2 heterocycles. The number of pyridine rings is 2. The van der Waals surface area contributed by atoms with Crippen LogP contribution in [0.2, 0.25) is 10.0 Å². The van der Waals surface area contributed by atoms with Crippen molar-refractivity contribution in [1.82, 2.24) is 9.97 Å². The number of hydrogen-bond acceptors (Lipinski definition) is 5. The van der Waals surface area contributed by atoms with Gasteiger partial charge >= 0.3 is 0 Å². The second-order valence-electron chi connectivity index (χ2n) is 5.99. The second kappa shape index (κ2) is 9.73. The van der Waals surface area contributed by atoms with E-state index in [2.05, 4.69) is 20.6 Å². The lowest BCUT2D eigenvalue weighted by atomic mass is 10.2. The van der Waals surface area contributed by atoms with Crippen LogP contribution in [0.5, 0.6) is 0 Å². The zero-order chi connectivity index (χ0) is 20.8. The highest BCUT2D eigenvalue weighted by Crippen LogP contribution is 2.27. The summed E-state index contributed by atoms with van der Waals surface area (Å²) in [5, 5.41) is 6.88. The Morgan fingerprint density at radius 2 is 1.76 bits per heavy atom. The molecule has 6 nitrogen and oxygen atoms in total. The third-order valence-electron chi connectivity index (χ3n) is 3.64. The van der Waals surface area contributed by atoms with Crippen molar-refractivity contribution in [1.29, 1.82) is 0 Å². The minimum Gasteiger partial charge on any atom is -0.322 e. The summed E-state index contributed by atoms with van der Waals surface area (Å²) >= 11 is 13.4. The summed E-state index contributed by atoms with van der Waals surface area (Å²) in [5.41, 5.74) is 1.87. The van der Waals surface area contributed by atoms with Gasteiger partial charge in [0.2, 0.25) is 5.91 Å². The summed E-state index contributed by atoms with van der Waals surface area (Å²) in [6, 6.07) is 11.9. The molecule has 2 aromatic heterocycles. The second-order valence-corrected chi connectivity index (χ2v) is 7.82. The zero-order valence-corrected chi connectivity index (χ0v) is 17.6. The summed E-state index contributed by atoms with van der Waals surface area (Å²) < 4.78 is 0. The fourth-order valence-electron chi connectivity index (χ4n) is 2.47. The maximum absolute atomic E-state index is 12.7. The first-order valence-corrected chi connectivity index (χ1v) is 10.2. The molecule has 2 amide bonds. The summed E-state index contributed by atoms with van der Waals surface area (Å²) in [6.45, 7) is 1.43. The number of nitrogens with zero attached hydrogens (tertiary/aromatic N) is 2. The smallest absolute Gasteiger partial charge is 0.258 e. The average Bonchev–Trinajstić information content (AvgIpc) is 2.65. The number of thioether (sulfide) groups is 1. The van der Waals surface area contributed by atoms with Crippen LogP contribution in [0.1, 0.15) is 22.8 Å².